The molecule has 4 aromatic heterocycles. The van der Waals surface area contributed by atoms with Gasteiger partial charge in [0.05, 0.1) is 36.7 Å². The lowest BCUT2D eigenvalue weighted by molar-refractivity contribution is -0.0665. The van der Waals surface area contributed by atoms with Crippen LogP contribution in [0.4, 0.5) is 17.3 Å². The van der Waals surface area contributed by atoms with Gasteiger partial charge in [-0.05, 0) is 26.0 Å². The van der Waals surface area contributed by atoms with E-state index in [9.17, 15) is 40.5 Å². The molecule has 240 valence electrons. The van der Waals surface area contributed by atoms with E-state index < -0.39 is 67.0 Å². The zero-order valence-corrected chi connectivity index (χ0v) is 23.8. The summed E-state index contributed by atoms with van der Waals surface area (Å²) in [4.78, 5) is 22.4. The number of aromatic carboxylic acids is 1. The minimum absolute atomic E-state index is 0.0412. The topological polar surface area (TPSA) is 294 Å². The molecule has 0 aliphatic carbocycles. The number of aliphatic hydroxyl groups excluding tert-OH is 4. The van der Waals surface area contributed by atoms with Crippen LogP contribution in [0.15, 0.2) is 24.8 Å². The summed E-state index contributed by atoms with van der Waals surface area (Å²) in [6.07, 6.45) is -4.28. The van der Waals surface area contributed by atoms with E-state index in [0.29, 0.717) is 11.2 Å². The minimum atomic E-state index is -1.75. The molecule has 0 saturated carbocycles. The molecule has 45 heavy (non-hydrogen) atoms. The summed E-state index contributed by atoms with van der Waals surface area (Å²) in [6.45, 7) is 9.03. The average molecular weight is 630 g/mol. The van der Waals surface area contributed by atoms with Gasteiger partial charge < -0.3 is 56.7 Å². The molecule has 2 saturated heterocycles. The van der Waals surface area contributed by atoms with Gasteiger partial charge in [0.25, 0.3) is 0 Å². The Morgan fingerprint density at radius 1 is 0.911 bits per heavy atom. The highest BCUT2D eigenvalue weighted by Crippen LogP contribution is 2.44. The molecule has 0 amide bonds. The molecule has 0 unspecified atom stereocenters. The number of aliphatic hydroxyl groups is 6. The van der Waals surface area contributed by atoms with Crippen molar-refractivity contribution >= 4 is 34.3 Å². The number of nitrogens with zero attached hydrogens (tertiary/aromatic N) is 7. The summed E-state index contributed by atoms with van der Waals surface area (Å²) in [5.74, 6) is -1.16. The van der Waals surface area contributed by atoms with Crippen molar-refractivity contribution in [3.8, 4) is 0 Å². The SMILES string of the molecule is C[C@@]1(O)[C@H](O)[C@@H](CO)O[C@H]1c1cc(C(=O)O)c2c(N)ncnn12.[C-]#[N+]c1cc([C@@H]2O[C@H](CO)[C@@H](O)[C@@]2(C)O)n2ncnc(N)c12. The lowest BCUT2D eigenvalue weighted by atomic mass is 9.91. The molecular weight excluding hydrogens is 598 g/mol. The van der Waals surface area contributed by atoms with Crippen molar-refractivity contribution in [3.05, 3.63) is 53.2 Å². The lowest BCUT2D eigenvalue weighted by Crippen LogP contribution is -2.43. The van der Waals surface area contributed by atoms with E-state index in [1.54, 1.807) is 0 Å². The largest absolute Gasteiger partial charge is 0.478 e. The molecule has 0 spiro atoms. The number of nitrogens with two attached hydrogens (primary N) is 2. The fourth-order valence-electron chi connectivity index (χ4n) is 5.65. The maximum atomic E-state index is 11.4. The second kappa shape index (κ2) is 11.4. The Hall–Kier alpha value is -4.52. The number of hydrogen-bond donors (Lipinski definition) is 9. The van der Waals surface area contributed by atoms with Gasteiger partial charge in [0.15, 0.2) is 5.82 Å². The molecular formula is C26H31N9O10. The number of anilines is 2. The van der Waals surface area contributed by atoms with Crippen LogP contribution in [0.3, 0.4) is 0 Å². The van der Waals surface area contributed by atoms with Crippen LogP contribution in [0.1, 0.15) is 47.8 Å². The van der Waals surface area contributed by atoms with Crippen molar-refractivity contribution in [2.45, 2.75) is 61.7 Å². The molecule has 19 heteroatoms. The first-order chi connectivity index (χ1) is 21.2. The number of carboxylic acids is 1. The standard InChI is InChI=1S/C13H15N5O4.C13H16N4O6/c1-13(21)10(20)8(4-19)22-11(13)7-3-6(15-2)9-12(14)16-5-17-18(7)9;1-13(22)9(19)7(3-18)23-10(13)6-2-5(12(20)21)8-11(14)15-4-16-17(6)8/h3,5,8,10-11,19-21H,4H2,1H3,(H2,14,16,17);2,4,7,9-10,18-19,22H,3H2,1H3,(H,20,21)(H2,14,15,16)/t8-,10-,11+,13-;7-,9-,10+,13-/m11/s1. The first-order valence-corrected chi connectivity index (χ1v) is 13.4. The van der Waals surface area contributed by atoms with Gasteiger partial charge in [0.1, 0.15) is 77.3 Å². The smallest absolute Gasteiger partial charge is 0.338 e. The Morgan fingerprint density at radius 3 is 1.78 bits per heavy atom. The first-order valence-electron chi connectivity index (χ1n) is 13.4. The molecule has 11 N–H and O–H groups in total. The molecule has 6 rings (SSSR count). The van der Waals surface area contributed by atoms with Crippen LogP contribution in [-0.4, -0.2) is 120 Å². The fourth-order valence-corrected chi connectivity index (χ4v) is 5.65. The number of nitrogen functional groups attached to an aromatic ring is 2. The van der Waals surface area contributed by atoms with E-state index in [-0.39, 0.29) is 34.1 Å². The summed E-state index contributed by atoms with van der Waals surface area (Å²) in [5.41, 5.74) is 9.09. The average Bonchev–Trinajstić information content (AvgIpc) is 3.69. The van der Waals surface area contributed by atoms with Crippen LogP contribution < -0.4 is 11.5 Å². The molecule has 4 aromatic rings. The molecule has 19 nitrogen and oxygen atoms in total. The molecule has 0 aromatic carbocycles. The molecule has 8 atom stereocenters. The number of rotatable bonds is 5. The number of ether oxygens (including phenoxy) is 2. The van der Waals surface area contributed by atoms with Crippen molar-refractivity contribution in [2.75, 3.05) is 24.7 Å². The van der Waals surface area contributed by atoms with Gasteiger partial charge in [-0.25, -0.2) is 28.6 Å². The third-order valence-electron chi connectivity index (χ3n) is 8.03. The first kappa shape index (κ1) is 31.9. The number of carboxylic acid groups (broad SMARTS) is 1. The van der Waals surface area contributed by atoms with E-state index in [2.05, 4.69) is 25.0 Å². The van der Waals surface area contributed by atoms with Gasteiger partial charge in [-0.2, -0.15) is 10.2 Å². The summed E-state index contributed by atoms with van der Waals surface area (Å²) in [7, 11) is 0. The van der Waals surface area contributed by atoms with Crippen molar-refractivity contribution < 1.29 is 50.0 Å². The van der Waals surface area contributed by atoms with E-state index in [0.717, 1.165) is 6.33 Å². The highest BCUT2D eigenvalue weighted by Gasteiger charge is 2.54. The number of carbonyl (C=O) groups is 1. The Balaban J connectivity index is 0.000000178. The number of hydrogen-bond acceptors (Lipinski definition) is 15. The molecule has 2 aliphatic heterocycles. The summed E-state index contributed by atoms with van der Waals surface area (Å²) in [6, 6.07) is 2.74. The van der Waals surface area contributed by atoms with Gasteiger partial charge in [0, 0.05) is 0 Å². The van der Waals surface area contributed by atoms with Crippen LogP contribution in [0.5, 0.6) is 0 Å². The quantitative estimate of drug-likeness (QED) is 0.107. The Morgan fingerprint density at radius 2 is 1.36 bits per heavy atom. The summed E-state index contributed by atoms with van der Waals surface area (Å²) < 4.78 is 13.6. The summed E-state index contributed by atoms with van der Waals surface area (Å²) in [5, 5.41) is 77.0. The zero-order valence-electron chi connectivity index (χ0n) is 23.8. The van der Waals surface area contributed by atoms with Gasteiger partial charge in [-0.1, -0.05) is 0 Å². The Kier molecular flexibility index (Phi) is 8.11. The predicted octanol–water partition coefficient (Wildman–Crippen LogP) is -2.04. The summed E-state index contributed by atoms with van der Waals surface area (Å²) >= 11 is 0. The number of aromatic nitrogens is 6. The lowest BCUT2D eigenvalue weighted by Gasteiger charge is -2.26. The Labute approximate surface area is 253 Å². The third kappa shape index (κ3) is 4.98. The van der Waals surface area contributed by atoms with Gasteiger partial charge in [0.2, 0.25) is 5.69 Å². The van der Waals surface area contributed by atoms with Gasteiger partial charge >= 0.3 is 5.97 Å². The second-order valence-corrected chi connectivity index (χ2v) is 11.0. The molecule has 2 aliphatic rings. The van der Waals surface area contributed by atoms with Crippen molar-refractivity contribution in [2.24, 2.45) is 0 Å². The van der Waals surface area contributed by atoms with Crippen molar-refractivity contribution in [1.29, 1.82) is 0 Å². The highest BCUT2D eigenvalue weighted by atomic mass is 16.6. The van der Waals surface area contributed by atoms with Crippen LogP contribution >= 0.6 is 0 Å². The fraction of sp³-hybridized carbons (Fsp3) is 0.462. The second-order valence-electron chi connectivity index (χ2n) is 11.0. The maximum Gasteiger partial charge on any atom is 0.338 e. The molecule has 0 bridgehead atoms. The van der Waals surface area contributed by atoms with E-state index in [1.165, 1.54) is 41.3 Å². The predicted molar refractivity (Wildman–Crippen MR) is 151 cm³/mol. The van der Waals surface area contributed by atoms with Crippen LogP contribution in [0.2, 0.25) is 0 Å². The van der Waals surface area contributed by atoms with E-state index in [1.807, 2.05) is 0 Å². The van der Waals surface area contributed by atoms with Gasteiger partial charge in [-0.3, -0.25) is 0 Å². The molecule has 6 heterocycles. The van der Waals surface area contributed by atoms with Crippen molar-refractivity contribution in [1.82, 2.24) is 29.2 Å². The Bertz CT molecular complexity index is 1800. The maximum absolute atomic E-state index is 11.4. The molecule has 2 fully saturated rings. The molecule has 0 radical (unpaired) electrons. The van der Waals surface area contributed by atoms with E-state index in [4.69, 9.17) is 27.5 Å². The van der Waals surface area contributed by atoms with Crippen LogP contribution in [0.25, 0.3) is 15.9 Å². The van der Waals surface area contributed by atoms with E-state index >= 15 is 0 Å². The normalized spacial score (nSPS) is 31.2. The van der Waals surface area contributed by atoms with Crippen molar-refractivity contribution in [3.63, 3.8) is 0 Å². The minimum Gasteiger partial charge on any atom is -0.478 e. The number of fused-ring (bicyclic) bond motifs is 2. The highest BCUT2D eigenvalue weighted by molar-refractivity contribution is 5.99. The van der Waals surface area contributed by atoms with Crippen LogP contribution in [0, 0.1) is 6.57 Å². The third-order valence-corrected chi connectivity index (χ3v) is 8.03. The van der Waals surface area contributed by atoms with Crippen LogP contribution in [-0.2, 0) is 9.47 Å². The van der Waals surface area contributed by atoms with Gasteiger partial charge in [-0.15, -0.1) is 0 Å². The zero-order chi connectivity index (χ0) is 33.0. The monoisotopic (exact) mass is 629 g/mol.